The van der Waals surface area contributed by atoms with Crippen molar-refractivity contribution in [1.29, 1.82) is 0 Å². The van der Waals surface area contributed by atoms with E-state index in [-0.39, 0.29) is 23.0 Å². The first kappa shape index (κ1) is 19.3. The number of nitrogens with zero attached hydrogens (tertiary/aromatic N) is 5. The van der Waals surface area contributed by atoms with E-state index in [4.69, 9.17) is 0 Å². The standard InChI is InChI=1S/C18H20N6O4S/c1-22-17-15(9-20-22)18(26)24(11-19-17)10-16(25)21-12-3-7-14(8-4-12)29(27,28)23(2)13-5-6-13/h3-4,7-9,11,13H,5-6,10H2,1-2H3,(H,21,25). The molecule has 0 atom stereocenters. The van der Waals surface area contributed by atoms with Gasteiger partial charge in [0.05, 0.1) is 11.1 Å². The van der Waals surface area contributed by atoms with E-state index in [2.05, 4.69) is 15.4 Å². The quantitative estimate of drug-likeness (QED) is 0.627. The summed E-state index contributed by atoms with van der Waals surface area (Å²) in [6.07, 6.45) is 4.47. The Morgan fingerprint density at radius 1 is 1.28 bits per heavy atom. The van der Waals surface area contributed by atoms with Crippen LogP contribution in [0.2, 0.25) is 0 Å². The molecule has 2 aromatic heterocycles. The molecule has 0 bridgehead atoms. The SMILES string of the molecule is CN(C1CC1)S(=O)(=O)c1ccc(NC(=O)Cn2cnc3c(cnn3C)c2=O)cc1. The van der Waals surface area contributed by atoms with Gasteiger partial charge < -0.3 is 5.32 Å². The first-order valence-electron chi connectivity index (χ1n) is 9.02. The van der Waals surface area contributed by atoms with E-state index < -0.39 is 15.9 Å². The second-order valence-corrected chi connectivity index (χ2v) is 9.01. The lowest BCUT2D eigenvalue weighted by Crippen LogP contribution is -2.29. The molecule has 1 fully saturated rings. The van der Waals surface area contributed by atoms with Gasteiger partial charge in [-0.2, -0.15) is 9.40 Å². The summed E-state index contributed by atoms with van der Waals surface area (Å²) in [7, 11) is -0.279. The number of anilines is 1. The second kappa shape index (κ2) is 7.08. The predicted octanol–water partition coefficient (Wildman–Crippen LogP) is 0.552. The summed E-state index contributed by atoms with van der Waals surface area (Å²) in [6, 6.07) is 6.04. The van der Waals surface area contributed by atoms with Crippen LogP contribution in [0.3, 0.4) is 0 Å². The minimum atomic E-state index is -3.53. The third-order valence-electron chi connectivity index (χ3n) is 4.91. The van der Waals surface area contributed by atoms with Crippen LogP contribution in [-0.4, -0.2) is 51.1 Å². The first-order valence-corrected chi connectivity index (χ1v) is 10.5. The smallest absolute Gasteiger partial charge is 0.264 e. The third kappa shape index (κ3) is 3.66. The molecular formula is C18H20N6O4S. The third-order valence-corrected chi connectivity index (χ3v) is 6.83. The number of aromatic nitrogens is 4. The summed E-state index contributed by atoms with van der Waals surface area (Å²) in [6.45, 7) is -0.221. The van der Waals surface area contributed by atoms with Gasteiger partial charge in [0.15, 0.2) is 5.65 Å². The molecule has 11 heteroatoms. The molecule has 29 heavy (non-hydrogen) atoms. The molecule has 1 aliphatic rings. The maximum absolute atomic E-state index is 12.5. The molecule has 1 amide bonds. The van der Waals surface area contributed by atoms with Crippen LogP contribution in [0.25, 0.3) is 11.0 Å². The molecule has 1 aliphatic carbocycles. The average molecular weight is 416 g/mol. The highest BCUT2D eigenvalue weighted by molar-refractivity contribution is 7.89. The van der Waals surface area contributed by atoms with Gasteiger partial charge in [-0.3, -0.25) is 18.8 Å². The minimum absolute atomic E-state index is 0.0726. The number of fused-ring (bicyclic) bond motifs is 1. The zero-order valence-corrected chi connectivity index (χ0v) is 16.8. The van der Waals surface area contributed by atoms with Gasteiger partial charge in [0, 0.05) is 25.8 Å². The number of benzene rings is 1. The molecule has 0 unspecified atom stereocenters. The van der Waals surface area contributed by atoms with Gasteiger partial charge in [-0.15, -0.1) is 0 Å². The number of sulfonamides is 1. The van der Waals surface area contributed by atoms with Crippen molar-refractivity contribution in [1.82, 2.24) is 23.6 Å². The van der Waals surface area contributed by atoms with Crippen LogP contribution in [0, 0.1) is 0 Å². The molecule has 152 valence electrons. The fraction of sp³-hybridized carbons (Fsp3) is 0.333. The molecular weight excluding hydrogens is 396 g/mol. The lowest BCUT2D eigenvalue weighted by Gasteiger charge is -2.16. The topological polar surface area (TPSA) is 119 Å². The molecule has 3 aromatic rings. The van der Waals surface area contributed by atoms with Gasteiger partial charge in [0.1, 0.15) is 18.3 Å². The van der Waals surface area contributed by atoms with Crippen LogP contribution in [0.5, 0.6) is 0 Å². The van der Waals surface area contributed by atoms with Crippen molar-refractivity contribution in [3.05, 3.63) is 47.1 Å². The maximum atomic E-state index is 12.5. The monoisotopic (exact) mass is 416 g/mol. The number of amides is 1. The summed E-state index contributed by atoms with van der Waals surface area (Å²) >= 11 is 0. The van der Waals surface area contributed by atoms with E-state index >= 15 is 0 Å². The lowest BCUT2D eigenvalue weighted by atomic mass is 10.3. The largest absolute Gasteiger partial charge is 0.325 e. The lowest BCUT2D eigenvalue weighted by molar-refractivity contribution is -0.116. The van der Waals surface area contributed by atoms with Crippen molar-refractivity contribution in [3.8, 4) is 0 Å². The Hall–Kier alpha value is -3.05. The van der Waals surface area contributed by atoms with E-state index in [1.54, 1.807) is 14.1 Å². The van der Waals surface area contributed by atoms with Crippen LogP contribution in [-0.2, 0) is 28.4 Å². The zero-order chi connectivity index (χ0) is 20.8. The molecule has 2 heterocycles. The number of carbonyl (C=O) groups excluding carboxylic acids is 1. The Morgan fingerprint density at radius 2 is 1.97 bits per heavy atom. The highest BCUT2D eigenvalue weighted by Crippen LogP contribution is 2.30. The Bertz CT molecular complexity index is 1240. The maximum Gasteiger partial charge on any atom is 0.264 e. The molecule has 1 aromatic carbocycles. The van der Waals surface area contributed by atoms with E-state index in [0.717, 1.165) is 12.8 Å². The fourth-order valence-corrected chi connectivity index (χ4v) is 4.46. The number of hydrogen-bond acceptors (Lipinski definition) is 6. The Kier molecular flexibility index (Phi) is 4.71. The predicted molar refractivity (Wildman–Crippen MR) is 106 cm³/mol. The van der Waals surface area contributed by atoms with Crippen molar-refractivity contribution in [2.75, 3.05) is 12.4 Å². The highest BCUT2D eigenvalue weighted by atomic mass is 32.2. The van der Waals surface area contributed by atoms with Crippen LogP contribution in [0.1, 0.15) is 12.8 Å². The van der Waals surface area contributed by atoms with Crippen molar-refractivity contribution < 1.29 is 13.2 Å². The Balaban J connectivity index is 1.46. The summed E-state index contributed by atoms with van der Waals surface area (Å²) in [5.74, 6) is -0.428. The van der Waals surface area contributed by atoms with Gasteiger partial charge in [-0.05, 0) is 37.1 Å². The number of rotatable bonds is 6. The first-order chi connectivity index (χ1) is 13.8. The molecule has 0 radical (unpaired) electrons. The van der Waals surface area contributed by atoms with E-state index in [1.807, 2.05) is 0 Å². The summed E-state index contributed by atoms with van der Waals surface area (Å²) in [5, 5.41) is 6.98. The van der Waals surface area contributed by atoms with Gasteiger partial charge >= 0.3 is 0 Å². The van der Waals surface area contributed by atoms with Crippen LogP contribution in [0.15, 0.2) is 46.5 Å². The van der Waals surface area contributed by atoms with Crippen molar-refractivity contribution >= 4 is 32.7 Å². The van der Waals surface area contributed by atoms with E-state index in [0.29, 0.717) is 16.7 Å². The number of nitrogens with one attached hydrogen (secondary N) is 1. The van der Waals surface area contributed by atoms with Crippen LogP contribution < -0.4 is 10.9 Å². The molecule has 4 rings (SSSR count). The van der Waals surface area contributed by atoms with Crippen LogP contribution in [0.4, 0.5) is 5.69 Å². The van der Waals surface area contributed by atoms with Crippen molar-refractivity contribution in [2.24, 2.45) is 7.05 Å². The van der Waals surface area contributed by atoms with Gasteiger partial charge in [-0.25, -0.2) is 13.4 Å². The van der Waals surface area contributed by atoms with Crippen LogP contribution >= 0.6 is 0 Å². The summed E-state index contributed by atoms with van der Waals surface area (Å²) in [5.41, 5.74) is 0.522. The molecule has 10 nitrogen and oxygen atoms in total. The normalized spacial score (nSPS) is 14.4. The van der Waals surface area contributed by atoms with E-state index in [9.17, 15) is 18.0 Å². The molecule has 0 spiro atoms. The molecule has 0 aliphatic heterocycles. The number of carbonyl (C=O) groups is 1. The van der Waals surface area contributed by atoms with E-state index in [1.165, 1.54) is 50.3 Å². The molecule has 1 N–H and O–H groups in total. The van der Waals surface area contributed by atoms with Crippen molar-refractivity contribution in [2.45, 2.75) is 30.3 Å². The molecule has 1 saturated carbocycles. The van der Waals surface area contributed by atoms with Gasteiger partial charge in [0.25, 0.3) is 5.56 Å². The second-order valence-electron chi connectivity index (χ2n) is 7.01. The number of aryl methyl sites for hydroxylation is 1. The Morgan fingerprint density at radius 3 is 2.62 bits per heavy atom. The highest BCUT2D eigenvalue weighted by Gasteiger charge is 2.34. The zero-order valence-electron chi connectivity index (χ0n) is 15.9. The Labute approximate surface area is 166 Å². The summed E-state index contributed by atoms with van der Waals surface area (Å²) < 4.78 is 29.1. The van der Waals surface area contributed by atoms with Gasteiger partial charge in [-0.1, -0.05) is 0 Å². The average Bonchev–Trinajstić information content (AvgIpc) is 3.47. The van der Waals surface area contributed by atoms with Gasteiger partial charge in [0.2, 0.25) is 15.9 Å². The minimum Gasteiger partial charge on any atom is -0.325 e. The number of hydrogen-bond donors (Lipinski definition) is 1. The fourth-order valence-electron chi connectivity index (χ4n) is 3.05. The summed E-state index contributed by atoms with van der Waals surface area (Å²) in [4.78, 5) is 29.1. The van der Waals surface area contributed by atoms with Crippen molar-refractivity contribution in [3.63, 3.8) is 0 Å². The molecule has 0 saturated heterocycles.